The van der Waals surface area contributed by atoms with Crippen LogP contribution in [0.25, 0.3) is 0 Å². The van der Waals surface area contributed by atoms with Crippen LogP contribution in [0, 0.1) is 11.3 Å². The molecular weight excluding hydrogens is 306 g/mol. The summed E-state index contributed by atoms with van der Waals surface area (Å²) in [6.45, 7) is 3.99. The minimum Gasteiger partial charge on any atom is -0.480 e. The third-order valence-electron chi connectivity index (χ3n) is 5.12. The number of carbonyl (C=O) groups is 2. The van der Waals surface area contributed by atoms with E-state index in [-0.39, 0.29) is 6.61 Å². The number of ether oxygens (including phenoxy) is 1. The molecule has 2 N–H and O–H groups in total. The molecule has 2 rings (SSSR count). The first-order valence-electron chi connectivity index (χ1n) is 8.61. The minimum atomic E-state index is -1.01. The Balaban J connectivity index is 1.96. The number of carboxylic acids is 1. The van der Waals surface area contributed by atoms with Crippen LogP contribution >= 0.6 is 0 Å². The van der Waals surface area contributed by atoms with E-state index < -0.39 is 23.5 Å². The maximum absolute atomic E-state index is 12.1. The van der Waals surface area contributed by atoms with Crippen molar-refractivity contribution in [2.45, 2.75) is 58.6 Å². The third kappa shape index (κ3) is 4.73. The van der Waals surface area contributed by atoms with Gasteiger partial charge in [0.25, 0.3) is 0 Å². The topological polar surface area (TPSA) is 75.6 Å². The van der Waals surface area contributed by atoms with Gasteiger partial charge in [0, 0.05) is 0 Å². The number of nitrogens with one attached hydrogen (secondary N) is 1. The van der Waals surface area contributed by atoms with E-state index in [9.17, 15) is 14.7 Å². The largest absolute Gasteiger partial charge is 0.480 e. The maximum Gasteiger partial charge on any atom is 0.408 e. The highest BCUT2D eigenvalue weighted by Crippen LogP contribution is 2.40. The van der Waals surface area contributed by atoms with Gasteiger partial charge in [-0.05, 0) is 29.7 Å². The Hall–Kier alpha value is -2.04. The van der Waals surface area contributed by atoms with Crippen molar-refractivity contribution in [3.8, 4) is 0 Å². The van der Waals surface area contributed by atoms with Gasteiger partial charge in [-0.25, -0.2) is 9.59 Å². The summed E-state index contributed by atoms with van der Waals surface area (Å²) >= 11 is 0. The molecule has 1 unspecified atom stereocenters. The number of carboxylic acid groups (broad SMARTS) is 1. The lowest BCUT2D eigenvalue weighted by atomic mass is 9.67. The summed E-state index contributed by atoms with van der Waals surface area (Å²) in [7, 11) is 0. The van der Waals surface area contributed by atoms with E-state index in [0.29, 0.717) is 5.92 Å². The number of benzene rings is 1. The van der Waals surface area contributed by atoms with Gasteiger partial charge in [-0.3, -0.25) is 0 Å². The fourth-order valence-corrected chi connectivity index (χ4v) is 3.53. The van der Waals surface area contributed by atoms with Gasteiger partial charge >= 0.3 is 12.1 Å². The molecule has 24 heavy (non-hydrogen) atoms. The molecule has 0 radical (unpaired) electrons. The number of aliphatic carboxylic acids is 1. The first-order chi connectivity index (χ1) is 11.4. The van der Waals surface area contributed by atoms with E-state index >= 15 is 0 Å². The van der Waals surface area contributed by atoms with E-state index in [1.807, 2.05) is 44.2 Å². The van der Waals surface area contributed by atoms with Crippen LogP contribution in [-0.2, 0) is 16.1 Å². The smallest absolute Gasteiger partial charge is 0.408 e. The van der Waals surface area contributed by atoms with Gasteiger partial charge in [0.2, 0.25) is 0 Å². The molecule has 1 aromatic rings. The highest BCUT2D eigenvalue weighted by Gasteiger charge is 2.42. The van der Waals surface area contributed by atoms with Crippen molar-refractivity contribution < 1.29 is 19.4 Å². The summed E-state index contributed by atoms with van der Waals surface area (Å²) in [6.07, 6.45) is 4.79. The Morgan fingerprint density at radius 1 is 1.21 bits per heavy atom. The standard InChI is InChI=1S/C19H27NO4/c1-19(2,15-11-7-4-8-12-15)16(17(21)22)20-18(23)24-13-14-9-5-3-6-10-14/h3,5-6,9-10,15-16H,4,7-8,11-13H2,1-2H3,(H,20,23)(H,21,22). The minimum absolute atomic E-state index is 0.128. The molecule has 1 aliphatic rings. The van der Waals surface area contributed by atoms with Crippen LogP contribution in [0.1, 0.15) is 51.5 Å². The van der Waals surface area contributed by atoms with Crippen LogP contribution in [0.15, 0.2) is 30.3 Å². The summed E-state index contributed by atoms with van der Waals surface area (Å²) in [5.41, 5.74) is 0.351. The van der Waals surface area contributed by atoms with Gasteiger partial charge in [-0.2, -0.15) is 0 Å². The number of rotatable bonds is 6. The predicted octanol–water partition coefficient (Wildman–Crippen LogP) is 3.97. The zero-order valence-corrected chi connectivity index (χ0v) is 14.5. The van der Waals surface area contributed by atoms with Gasteiger partial charge in [0.15, 0.2) is 0 Å². The summed E-state index contributed by atoms with van der Waals surface area (Å²) in [6, 6.07) is 8.37. The van der Waals surface area contributed by atoms with Gasteiger partial charge in [-0.1, -0.05) is 63.4 Å². The number of hydrogen-bond acceptors (Lipinski definition) is 3. The normalized spacial score (nSPS) is 17.1. The summed E-state index contributed by atoms with van der Waals surface area (Å²) < 4.78 is 5.18. The van der Waals surface area contributed by atoms with Crippen molar-refractivity contribution in [2.24, 2.45) is 11.3 Å². The van der Waals surface area contributed by atoms with Crippen LogP contribution in [0.4, 0.5) is 4.79 Å². The fraction of sp³-hybridized carbons (Fsp3) is 0.579. The van der Waals surface area contributed by atoms with Crippen molar-refractivity contribution in [1.82, 2.24) is 5.32 Å². The second kappa shape index (κ2) is 8.18. The van der Waals surface area contributed by atoms with E-state index in [4.69, 9.17) is 4.74 Å². The van der Waals surface area contributed by atoms with Crippen LogP contribution in [0.5, 0.6) is 0 Å². The lowest BCUT2D eigenvalue weighted by molar-refractivity contribution is -0.144. The lowest BCUT2D eigenvalue weighted by Crippen LogP contribution is -2.53. The number of hydrogen-bond donors (Lipinski definition) is 2. The first kappa shape index (κ1) is 18.3. The molecule has 0 bridgehead atoms. The van der Waals surface area contributed by atoms with Gasteiger partial charge in [-0.15, -0.1) is 0 Å². The molecule has 1 atom stereocenters. The molecule has 1 saturated carbocycles. The van der Waals surface area contributed by atoms with Crippen molar-refractivity contribution in [3.05, 3.63) is 35.9 Å². The molecule has 1 fully saturated rings. The Morgan fingerprint density at radius 3 is 2.42 bits per heavy atom. The molecule has 1 aromatic carbocycles. The second-order valence-corrected chi connectivity index (χ2v) is 7.13. The fourth-order valence-electron chi connectivity index (χ4n) is 3.53. The molecule has 132 valence electrons. The van der Waals surface area contributed by atoms with E-state index in [1.54, 1.807) is 0 Å². The first-order valence-corrected chi connectivity index (χ1v) is 8.61. The quantitative estimate of drug-likeness (QED) is 0.826. The van der Waals surface area contributed by atoms with Crippen LogP contribution in [-0.4, -0.2) is 23.2 Å². The van der Waals surface area contributed by atoms with Crippen molar-refractivity contribution in [3.63, 3.8) is 0 Å². The highest BCUT2D eigenvalue weighted by molar-refractivity contribution is 5.80. The van der Waals surface area contributed by atoms with Crippen LogP contribution in [0.3, 0.4) is 0 Å². The average molecular weight is 333 g/mol. The van der Waals surface area contributed by atoms with E-state index in [2.05, 4.69) is 5.32 Å². The van der Waals surface area contributed by atoms with Crippen molar-refractivity contribution in [2.75, 3.05) is 0 Å². The molecule has 5 nitrogen and oxygen atoms in total. The molecule has 0 aromatic heterocycles. The zero-order valence-electron chi connectivity index (χ0n) is 14.5. The molecule has 5 heteroatoms. The van der Waals surface area contributed by atoms with Gasteiger partial charge in [0.1, 0.15) is 12.6 Å². The van der Waals surface area contributed by atoms with Crippen molar-refractivity contribution >= 4 is 12.1 Å². The maximum atomic E-state index is 12.1. The Kier molecular flexibility index (Phi) is 6.23. The van der Waals surface area contributed by atoms with Crippen molar-refractivity contribution in [1.29, 1.82) is 0 Å². The van der Waals surface area contributed by atoms with Gasteiger partial charge < -0.3 is 15.2 Å². The monoisotopic (exact) mass is 333 g/mol. The number of amides is 1. The summed E-state index contributed by atoms with van der Waals surface area (Å²) in [4.78, 5) is 23.8. The Morgan fingerprint density at radius 2 is 1.83 bits per heavy atom. The molecule has 1 aliphatic carbocycles. The predicted molar refractivity (Wildman–Crippen MR) is 91.5 cm³/mol. The van der Waals surface area contributed by atoms with Gasteiger partial charge in [0.05, 0.1) is 0 Å². The molecule has 0 aliphatic heterocycles. The van der Waals surface area contributed by atoms with E-state index in [1.165, 1.54) is 6.42 Å². The Bertz CT molecular complexity index is 550. The molecule has 0 saturated heterocycles. The average Bonchev–Trinajstić information content (AvgIpc) is 2.59. The molecule has 1 amide bonds. The molecule has 0 spiro atoms. The molecular formula is C19H27NO4. The van der Waals surface area contributed by atoms with E-state index in [0.717, 1.165) is 31.2 Å². The van der Waals surface area contributed by atoms with Crippen LogP contribution in [0.2, 0.25) is 0 Å². The third-order valence-corrected chi connectivity index (χ3v) is 5.12. The SMILES string of the molecule is CC(C)(C1CCCCC1)C(NC(=O)OCc1ccccc1)C(=O)O. The summed E-state index contributed by atoms with van der Waals surface area (Å²) in [5.74, 6) is -0.719. The number of carbonyl (C=O) groups excluding carboxylic acids is 1. The zero-order chi connectivity index (χ0) is 17.6. The number of alkyl carbamates (subject to hydrolysis) is 1. The summed E-state index contributed by atoms with van der Waals surface area (Å²) in [5, 5.41) is 12.2. The molecule has 0 heterocycles. The lowest BCUT2D eigenvalue weighted by Gasteiger charge is -2.41. The Labute approximate surface area is 143 Å². The van der Waals surface area contributed by atoms with Crippen LogP contribution < -0.4 is 5.32 Å². The highest BCUT2D eigenvalue weighted by atomic mass is 16.5. The second-order valence-electron chi connectivity index (χ2n) is 7.13.